The number of H-pyrrole nitrogens is 1. The van der Waals surface area contributed by atoms with E-state index in [0.29, 0.717) is 13.0 Å². The minimum atomic E-state index is 0.143. The van der Waals surface area contributed by atoms with E-state index in [9.17, 15) is 4.79 Å². The molecular formula is C10H9BrN4O. The van der Waals surface area contributed by atoms with Crippen LogP contribution in [0.2, 0.25) is 0 Å². The first-order valence-electron chi connectivity index (χ1n) is 4.99. The van der Waals surface area contributed by atoms with Gasteiger partial charge in [0.05, 0.1) is 0 Å². The predicted octanol–water partition coefficient (Wildman–Crippen LogP) is 1.46. The fourth-order valence-electron chi connectivity index (χ4n) is 1.91. The Hall–Kier alpha value is -1.43. The van der Waals surface area contributed by atoms with E-state index in [1.807, 2.05) is 18.2 Å². The van der Waals surface area contributed by atoms with Crippen molar-refractivity contribution in [3.8, 4) is 0 Å². The van der Waals surface area contributed by atoms with Gasteiger partial charge in [-0.25, -0.2) is 0 Å². The Bertz CT molecular complexity index is 552. The van der Waals surface area contributed by atoms with Gasteiger partial charge in [0, 0.05) is 23.5 Å². The highest BCUT2D eigenvalue weighted by molar-refractivity contribution is 9.09. The minimum Gasteiger partial charge on any atom is -0.311 e. The van der Waals surface area contributed by atoms with Gasteiger partial charge in [-0.05, 0) is 18.2 Å². The summed E-state index contributed by atoms with van der Waals surface area (Å²) in [6.07, 6.45) is 0.552. The zero-order valence-electron chi connectivity index (χ0n) is 8.35. The van der Waals surface area contributed by atoms with Gasteiger partial charge in [-0.3, -0.25) is 4.79 Å². The number of alkyl halides is 1. The monoisotopic (exact) mass is 280 g/mol. The van der Waals surface area contributed by atoms with Crippen LogP contribution in [0.15, 0.2) is 18.2 Å². The Morgan fingerprint density at radius 3 is 2.94 bits per heavy atom. The number of aromatic nitrogens is 3. The van der Waals surface area contributed by atoms with E-state index < -0.39 is 0 Å². The molecule has 16 heavy (non-hydrogen) atoms. The number of hydrogen-bond donors (Lipinski definition) is 1. The van der Waals surface area contributed by atoms with Crippen molar-refractivity contribution < 1.29 is 4.79 Å². The number of benzene rings is 1. The standard InChI is InChI=1S/C10H9BrN4O/c11-6-3-10(16)15(5-6)7-1-2-8-9(4-7)13-14-12-8/h1-2,4,6H,3,5H2,(H,12,13,14). The highest BCUT2D eigenvalue weighted by atomic mass is 79.9. The van der Waals surface area contributed by atoms with E-state index in [1.54, 1.807) is 4.90 Å². The second-order valence-corrected chi connectivity index (χ2v) is 5.10. The minimum absolute atomic E-state index is 0.143. The Labute approximate surface area is 99.9 Å². The van der Waals surface area contributed by atoms with Crippen molar-refractivity contribution in [3.63, 3.8) is 0 Å². The number of nitrogens with zero attached hydrogens (tertiary/aromatic N) is 3. The Morgan fingerprint density at radius 1 is 1.38 bits per heavy atom. The van der Waals surface area contributed by atoms with E-state index in [0.717, 1.165) is 16.7 Å². The number of halogens is 1. The van der Waals surface area contributed by atoms with Crippen molar-refractivity contribution in [2.75, 3.05) is 11.4 Å². The maximum Gasteiger partial charge on any atom is 0.228 e. The molecule has 0 saturated carbocycles. The third-order valence-electron chi connectivity index (χ3n) is 2.69. The van der Waals surface area contributed by atoms with Gasteiger partial charge in [0.15, 0.2) is 0 Å². The van der Waals surface area contributed by atoms with Gasteiger partial charge in [-0.2, -0.15) is 15.4 Å². The summed E-state index contributed by atoms with van der Waals surface area (Å²) < 4.78 is 0. The summed E-state index contributed by atoms with van der Waals surface area (Å²) in [5, 5.41) is 10.5. The molecule has 6 heteroatoms. The fourth-order valence-corrected chi connectivity index (χ4v) is 2.48. The second kappa shape index (κ2) is 3.55. The molecule has 3 rings (SSSR count). The van der Waals surface area contributed by atoms with Crippen LogP contribution in [-0.2, 0) is 4.79 Å². The highest BCUT2D eigenvalue weighted by Gasteiger charge is 2.28. The van der Waals surface area contributed by atoms with Gasteiger partial charge < -0.3 is 4.90 Å². The summed E-state index contributed by atoms with van der Waals surface area (Å²) in [7, 11) is 0. The predicted molar refractivity (Wildman–Crippen MR) is 63.6 cm³/mol. The second-order valence-electron chi connectivity index (χ2n) is 3.80. The van der Waals surface area contributed by atoms with Gasteiger partial charge in [-0.15, -0.1) is 0 Å². The lowest BCUT2D eigenvalue weighted by Gasteiger charge is -2.15. The molecule has 1 aromatic heterocycles. The van der Waals surface area contributed by atoms with Crippen LogP contribution in [0.25, 0.3) is 11.0 Å². The number of anilines is 1. The van der Waals surface area contributed by atoms with Gasteiger partial charge in [0.25, 0.3) is 0 Å². The smallest absolute Gasteiger partial charge is 0.228 e. The topological polar surface area (TPSA) is 61.9 Å². The van der Waals surface area contributed by atoms with Crippen molar-refractivity contribution in [3.05, 3.63) is 18.2 Å². The van der Waals surface area contributed by atoms with Gasteiger partial charge >= 0.3 is 0 Å². The van der Waals surface area contributed by atoms with Crippen molar-refractivity contribution >= 4 is 38.6 Å². The van der Waals surface area contributed by atoms with E-state index in [-0.39, 0.29) is 10.7 Å². The molecule has 1 amide bonds. The summed E-state index contributed by atoms with van der Waals surface area (Å²) >= 11 is 3.46. The zero-order valence-corrected chi connectivity index (χ0v) is 9.94. The first-order chi connectivity index (χ1) is 7.74. The molecule has 1 unspecified atom stereocenters. The molecule has 0 aliphatic carbocycles. The molecule has 1 fully saturated rings. The van der Waals surface area contributed by atoms with Gasteiger partial charge in [0.2, 0.25) is 5.91 Å². The quantitative estimate of drug-likeness (QED) is 0.805. The van der Waals surface area contributed by atoms with Crippen LogP contribution >= 0.6 is 15.9 Å². The lowest BCUT2D eigenvalue weighted by atomic mass is 10.2. The number of hydrogen-bond acceptors (Lipinski definition) is 3. The Balaban J connectivity index is 2.02. The molecular weight excluding hydrogens is 272 g/mol. The van der Waals surface area contributed by atoms with Crippen LogP contribution in [0.4, 0.5) is 5.69 Å². The normalized spacial score (nSPS) is 20.9. The molecule has 1 atom stereocenters. The summed E-state index contributed by atoms with van der Waals surface area (Å²) in [4.78, 5) is 13.7. The number of aromatic amines is 1. The van der Waals surface area contributed by atoms with Gasteiger partial charge in [-0.1, -0.05) is 15.9 Å². The lowest BCUT2D eigenvalue weighted by molar-refractivity contribution is -0.117. The molecule has 2 aromatic rings. The number of nitrogens with one attached hydrogen (secondary N) is 1. The van der Waals surface area contributed by atoms with Crippen LogP contribution in [0, 0.1) is 0 Å². The molecule has 0 radical (unpaired) electrons. The number of fused-ring (bicyclic) bond motifs is 1. The SMILES string of the molecule is O=C1CC(Br)CN1c1ccc2n[nH]nc2c1. The highest BCUT2D eigenvalue weighted by Crippen LogP contribution is 2.26. The number of carbonyl (C=O) groups excluding carboxylic acids is 1. The number of carbonyl (C=O) groups is 1. The first kappa shape index (κ1) is 9.77. The van der Waals surface area contributed by atoms with Crippen LogP contribution in [-0.4, -0.2) is 32.7 Å². The summed E-state index contributed by atoms with van der Waals surface area (Å²) in [6, 6.07) is 5.64. The van der Waals surface area contributed by atoms with Crippen molar-refractivity contribution in [1.29, 1.82) is 0 Å². The molecule has 0 spiro atoms. The molecule has 1 aliphatic rings. The van der Waals surface area contributed by atoms with E-state index in [4.69, 9.17) is 0 Å². The molecule has 1 aliphatic heterocycles. The number of amides is 1. The average molecular weight is 281 g/mol. The summed E-state index contributed by atoms with van der Waals surface area (Å²) in [6.45, 7) is 0.711. The van der Waals surface area contributed by atoms with Crippen molar-refractivity contribution in [2.24, 2.45) is 0 Å². The van der Waals surface area contributed by atoms with Crippen LogP contribution < -0.4 is 4.90 Å². The van der Waals surface area contributed by atoms with E-state index in [1.165, 1.54) is 0 Å². The van der Waals surface area contributed by atoms with E-state index in [2.05, 4.69) is 31.3 Å². The number of rotatable bonds is 1. The third kappa shape index (κ3) is 1.49. The van der Waals surface area contributed by atoms with Crippen molar-refractivity contribution in [2.45, 2.75) is 11.2 Å². The maximum absolute atomic E-state index is 11.7. The molecule has 2 heterocycles. The van der Waals surface area contributed by atoms with Crippen LogP contribution in [0.5, 0.6) is 0 Å². The molecule has 1 aromatic carbocycles. The van der Waals surface area contributed by atoms with Crippen molar-refractivity contribution in [1.82, 2.24) is 15.4 Å². The molecule has 1 N–H and O–H groups in total. The molecule has 82 valence electrons. The zero-order chi connectivity index (χ0) is 11.1. The van der Waals surface area contributed by atoms with E-state index >= 15 is 0 Å². The average Bonchev–Trinajstić information content (AvgIpc) is 2.83. The van der Waals surface area contributed by atoms with Crippen LogP contribution in [0.3, 0.4) is 0 Å². The molecule has 5 nitrogen and oxygen atoms in total. The third-order valence-corrected chi connectivity index (χ3v) is 3.30. The van der Waals surface area contributed by atoms with Gasteiger partial charge in [0.1, 0.15) is 11.0 Å². The lowest BCUT2D eigenvalue weighted by Crippen LogP contribution is -2.24. The summed E-state index contributed by atoms with van der Waals surface area (Å²) in [5.41, 5.74) is 2.47. The Kier molecular flexibility index (Phi) is 2.17. The Morgan fingerprint density at radius 2 is 2.19 bits per heavy atom. The molecule has 1 saturated heterocycles. The maximum atomic E-state index is 11.7. The molecule has 0 bridgehead atoms. The first-order valence-corrected chi connectivity index (χ1v) is 5.90. The largest absolute Gasteiger partial charge is 0.311 e. The summed E-state index contributed by atoms with van der Waals surface area (Å²) in [5.74, 6) is 0.143. The fraction of sp³-hybridized carbons (Fsp3) is 0.300. The van der Waals surface area contributed by atoms with Crippen LogP contribution in [0.1, 0.15) is 6.42 Å².